The minimum Gasteiger partial charge on any atom is -0.379 e. The van der Waals surface area contributed by atoms with Gasteiger partial charge in [-0.1, -0.05) is 0 Å². The highest BCUT2D eigenvalue weighted by molar-refractivity contribution is 7.16. The van der Waals surface area contributed by atoms with E-state index in [-0.39, 0.29) is 0 Å². The van der Waals surface area contributed by atoms with E-state index in [2.05, 4.69) is 25.7 Å². The third-order valence-corrected chi connectivity index (χ3v) is 3.63. The number of nitrogens with zero attached hydrogens (tertiary/aromatic N) is 3. The topological polar surface area (TPSA) is 62.3 Å². The lowest BCUT2D eigenvalue weighted by Crippen LogP contribution is -2.40. The molecular formula is C11H15N5OS. The number of ether oxygens (including phenoxy) is 1. The minimum atomic E-state index is 0.640. The zero-order chi connectivity index (χ0) is 12.4. The smallest absolute Gasteiger partial charge is 0.225 e. The molecule has 0 aliphatic carbocycles. The number of nitrogens with one attached hydrogen (secondary N) is 2. The Labute approximate surface area is 109 Å². The number of thiophene rings is 1. The Balaban J connectivity index is 1.91. The predicted octanol–water partition coefficient (Wildman–Crippen LogP) is 1.39. The lowest BCUT2D eigenvalue weighted by Gasteiger charge is -2.27. The largest absolute Gasteiger partial charge is 0.379 e. The van der Waals surface area contributed by atoms with Gasteiger partial charge in [0.2, 0.25) is 5.95 Å². The molecular weight excluding hydrogens is 250 g/mol. The molecule has 1 aliphatic heterocycles. The van der Waals surface area contributed by atoms with Gasteiger partial charge in [-0.3, -0.25) is 0 Å². The zero-order valence-corrected chi connectivity index (χ0v) is 11.0. The van der Waals surface area contributed by atoms with E-state index in [0.717, 1.165) is 42.3 Å². The number of anilines is 2. The second-order valence-corrected chi connectivity index (χ2v) is 4.89. The van der Waals surface area contributed by atoms with Crippen LogP contribution in [0.15, 0.2) is 11.4 Å². The Bertz CT molecular complexity index is 537. The van der Waals surface area contributed by atoms with Gasteiger partial charge in [-0.05, 0) is 11.4 Å². The van der Waals surface area contributed by atoms with Crippen LogP contribution in [0.2, 0.25) is 0 Å². The van der Waals surface area contributed by atoms with Crippen molar-refractivity contribution in [3.8, 4) is 0 Å². The van der Waals surface area contributed by atoms with Crippen LogP contribution < -0.4 is 10.7 Å². The summed E-state index contributed by atoms with van der Waals surface area (Å²) in [6, 6.07) is 2.04. The maximum Gasteiger partial charge on any atom is 0.225 e. The van der Waals surface area contributed by atoms with Gasteiger partial charge in [0.05, 0.1) is 18.6 Å². The number of morpholine rings is 1. The molecule has 0 spiro atoms. The lowest BCUT2D eigenvalue weighted by atomic mass is 10.4. The van der Waals surface area contributed by atoms with Crippen LogP contribution in [0.5, 0.6) is 0 Å². The number of hydrogen-bond donors (Lipinski definition) is 2. The average Bonchev–Trinajstić information content (AvgIpc) is 2.88. The van der Waals surface area contributed by atoms with Crippen LogP contribution in [0.3, 0.4) is 0 Å². The first kappa shape index (κ1) is 11.6. The van der Waals surface area contributed by atoms with Gasteiger partial charge in [0, 0.05) is 20.1 Å². The second-order valence-electron chi connectivity index (χ2n) is 4.00. The van der Waals surface area contributed by atoms with E-state index in [4.69, 9.17) is 4.74 Å². The monoisotopic (exact) mass is 265 g/mol. The molecule has 2 aromatic rings. The lowest BCUT2D eigenvalue weighted by molar-refractivity contribution is 0.0495. The van der Waals surface area contributed by atoms with Gasteiger partial charge in [-0.25, -0.2) is 9.99 Å². The molecule has 18 heavy (non-hydrogen) atoms. The molecule has 1 fully saturated rings. The summed E-state index contributed by atoms with van der Waals surface area (Å²) in [6.07, 6.45) is 0. The van der Waals surface area contributed by atoms with Crippen LogP contribution in [0.1, 0.15) is 0 Å². The fraction of sp³-hybridized carbons (Fsp3) is 0.455. The molecule has 3 heterocycles. The number of rotatable bonds is 3. The molecule has 0 amide bonds. The maximum absolute atomic E-state index is 5.33. The van der Waals surface area contributed by atoms with Crippen molar-refractivity contribution in [2.75, 3.05) is 44.1 Å². The van der Waals surface area contributed by atoms with Crippen molar-refractivity contribution in [1.82, 2.24) is 15.0 Å². The van der Waals surface area contributed by atoms with Crippen molar-refractivity contribution in [1.29, 1.82) is 0 Å². The Morgan fingerprint density at radius 1 is 1.33 bits per heavy atom. The number of aromatic nitrogens is 2. The van der Waals surface area contributed by atoms with Crippen molar-refractivity contribution in [2.45, 2.75) is 0 Å². The van der Waals surface area contributed by atoms with Crippen LogP contribution in [-0.2, 0) is 4.74 Å². The van der Waals surface area contributed by atoms with Crippen molar-refractivity contribution in [3.05, 3.63) is 11.4 Å². The van der Waals surface area contributed by atoms with Crippen LogP contribution in [0, 0.1) is 0 Å². The molecule has 7 heteroatoms. The Hall–Kier alpha value is -1.44. The first-order valence-electron chi connectivity index (χ1n) is 5.89. The molecule has 2 aromatic heterocycles. The highest BCUT2D eigenvalue weighted by Crippen LogP contribution is 2.26. The average molecular weight is 265 g/mol. The van der Waals surface area contributed by atoms with E-state index in [1.807, 2.05) is 18.5 Å². The third kappa shape index (κ3) is 2.24. The minimum absolute atomic E-state index is 0.640. The van der Waals surface area contributed by atoms with Gasteiger partial charge in [-0.15, -0.1) is 11.3 Å². The van der Waals surface area contributed by atoms with Crippen LogP contribution >= 0.6 is 11.3 Å². The van der Waals surface area contributed by atoms with Gasteiger partial charge in [0.25, 0.3) is 0 Å². The molecule has 0 unspecified atom stereocenters. The van der Waals surface area contributed by atoms with Gasteiger partial charge >= 0.3 is 0 Å². The number of hydrazine groups is 1. The summed E-state index contributed by atoms with van der Waals surface area (Å²) in [5, 5.41) is 8.21. The van der Waals surface area contributed by atoms with E-state index < -0.39 is 0 Å². The fourth-order valence-electron chi connectivity index (χ4n) is 1.88. The van der Waals surface area contributed by atoms with Crippen molar-refractivity contribution in [3.63, 3.8) is 0 Å². The molecule has 0 bridgehead atoms. The first-order chi connectivity index (χ1) is 8.86. The summed E-state index contributed by atoms with van der Waals surface area (Å²) in [4.78, 5) is 9.89. The van der Waals surface area contributed by atoms with E-state index in [1.54, 1.807) is 11.3 Å². The highest BCUT2D eigenvalue weighted by Gasteiger charge is 2.14. The van der Waals surface area contributed by atoms with Crippen molar-refractivity contribution < 1.29 is 4.74 Å². The first-order valence-corrected chi connectivity index (χ1v) is 6.77. The molecule has 6 nitrogen and oxygen atoms in total. The van der Waals surface area contributed by atoms with Crippen LogP contribution in [0.25, 0.3) is 10.2 Å². The molecule has 1 saturated heterocycles. The summed E-state index contributed by atoms with van der Waals surface area (Å²) in [7, 11) is 1.83. The van der Waals surface area contributed by atoms with Gasteiger partial charge < -0.3 is 15.5 Å². The quantitative estimate of drug-likeness (QED) is 0.874. The predicted molar refractivity (Wildman–Crippen MR) is 73.0 cm³/mol. The van der Waals surface area contributed by atoms with Gasteiger partial charge in [0.1, 0.15) is 4.83 Å². The van der Waals surface area contributed by atoms with E-state index in [9.17, 15) is 0 Å². The van der Waals surface area contributed by atoms with E-state index >= 15 is 0 Å². The summed E-state index contributed by atoms with van der Waals surface area (Å²) < 4.78 is 5.33. The summed E-state index contributed by atoms with van der Waals surface area (Å²) in [5.41, 5.74) is 3.35. The Kier molecular flexibility index (Phi) is 3.26. The molecule has 0 saturated carbocycles. The second kappa shape index (κ2) is 5.05. The fourth-order valence-corrected chi connectivity index (χ4v) is 2.64. The molecule has 96 valence electrons. The van der Waals surface area contributed by atoms with Gasteiger partial charge in [-0.2, -0.15) is 4.98 Å². The Morgan fingerprint density at radius 2 is 2.17 bits per heavy atom. The molecule has 0 atom stereocenters. The normalized spacial score (nSPS) is 16.9. The standard InChI is InChI=1S/C11H15N5OS/c1-12-11-13-9(8-2-7-18-10(8)14-11)15-16-3-5-17-6-4-16/h2,7H,3-6H2,1H3,(H2,12,13,14,15). The van der Waals surface area contributed by atoms with Crippen molar-refractivity contribution in [2.24, 2.45) is 0 Å². The molecule has 1 aliphatic rings. The van der Waals surface area contributed by atoms with Crippen molar-refractivity contribution >= 4 is 33.3 Å². The van der Waals surface area contributed by atoms with Crippen LogP contribution in [-0.4, -0.2) is 48.3 Å². The third-order valence-electron chi connectivity index (χ3n) is 2.82. The molecule has 0 aromatic carbocycles. The SMILES string of the molecule is CNc1nc(NN2CCOCC2)c2ccsc2n1. The van der Waals surface area contributed by atoms with Gasteiger partial charge in [0.15, 0.2) is 5.82 Å². The Morgan fingerprint density at radius 3 is 2.94 bits per heavy atom. The zero-order valence-electron chi connectivity index (χ0n) is 10.1. The number of fused-ring (bicyclic) bond motifs is 1. The maximum atomic E-state index is 5.33. The highest BCUT2D eigenvalue weighted by atomic mass is 32.1. The summed E-state index contributed by atoms with van der Waals surface area (Å²) in [5.74, 6) is 1.49. The molecule has 2 N–H and O–H groups in total. The van der Waals surface area contributed by atoms with E-state index in [0.29, 0.717) is 5.95 Å². The molecule has 0 radical (unpaired) electrons. The molecule has 3 rings (SSSR count). The number of hydrogen-bond acceptors (Lipinski definition) is 7. The summed E-state index contributed by atoms with van der Waals surface area (Å²) in [6.45, 7) is 3.24. The summed E-state index contributed by atoms with van der Waals surface area (Å²) >= 11 is 1.62. The van der Waals surface area contributed by atoms with E-state index in [1.165, 1.54) is 0 Å². The van der Waals surface area contributed by atoms with Crippen LogP contribution in [0.4, 0.5) is 11.8 Å².